The fourth-order valence-corrected chi connectivity index (χ4v) is 3.40. The molecule has 0 bridgehead atoms. The minimum absolute atomic E-state index is 0.172. The third kappa shape index (κ3) is 4.47. The molecule has 1 atom stereocenters. The fourth-order valence-electron chi connectivity index (χ4n) is 3.21. The van der Waals surface area contributed by atoms with Crippen molar-refractivity contribution in [3.8, 4) is 11.5 Å². The standard InChI is InChI=1S/C25H19ClO5/c1-2-29-25(28)24(16-8-4-3-5-9-16)30-18-12-13-19-21(15-18)31-22(23(19)27)14-17-10-6-7-11-20(17)26/h3-15,24H,2H2,1H3. The molecule has 0 spiro atoms. The third-order valence-corrected chi connectivity index (χ3v) is 5.03. The average Bonchev–Trinajstić information content (AvgIpc) is 3.09. The van der Waals surface area contributed by atoms with Crippen molar-refractivity contribution in [2.45, 2.75) is 13.0 Å². The molecule has 5 nitrogen and oxygen atoms in total. The van der Waals surface area contributed by atoms with Crippen LogP contribution in [0.25, 0.3) is 6.08 Å². The molecule has 0 amide bonds. The smallest absolute Gasteiger partial charge is 0.352 e. The van der Waals surface area contributed by atoms with E-state index >= 15 is 0 Å². The first-order chi connectivity index (χ1) is 15.1. The number of benzene rings is 3. The summed E-state index contributed by atoms with van der Waals surface area (Å²) in [6.07, 6.45) is 0.672. The van der Waals surface area contributed by atoms with Gasteiger partial charge < -0.3 is 14.2 Å². The molecule has 1 aliphatic heterocycles. The predicted molar refractivity (Wildman–Crippen MR) is 117 cm³/mol. The zero-order chi connectivity index (χ0) is 21.8. The van der Waals surface area contributed by atoms with E-state index in [0.717, 1.165) is 0 Å². The van der Waals surface area contributed by atoms with E-state index in [-0.39, 0.29) is 18.1 Å². The number of rotatable bonds is 6. The molecule has 6 heteroatoms. The van der Waals surface area contributed by atoms with E-state index in [1.165, 1.54) is 0 Å². The molecule has 0 aromatic heterocycles. The first-order valence-corrected chi connectivity index (χ1v) is 10.2. The van der Waals surface area contributed by atoms with Crippen LogP contribution in [0.3, 0.4) is 0 Å². The Morgan fingerprint density at radius 3 is 2.55 bits per heavy atom. The zero-order valence-electron chi connectivity index (χ0n) is 16.7. The van der Waals surface area contributed by atoms with Gasteiger partial charge in [0.05, 0.1) is 12.2 Å². The maximum Gasteiger partial charge on any atom is 0.352 e. The van der Waals surface area contributed by atoms with Crippen molar-refractivity contribution in [1.82, 2.24) is 0 Å². The molecule has 0 saturated carbocycles. The van der Waals surface area contributed by atoms with Crippen LogP contribution in [-0.4, -0.2) is 18.4 Å². The van der Waals surface area contributed by atoms with Crippen molar-refractivity contribution in [2.24, 2.45) is 0 Å². The highest BCUT2D eigenvalue weighted by atomic mass is 35.5. The number of halogens is 1. The Morgan fingerprint density at radius 2 is 1.81 bits per heavy atom. The molecule has 0 fully saturated rings. The highest BCUT2D eigenvalue weighted by molar-refractivity contribution is 6.32. The second kappa shape index (κ2) is 9.06. The van der Waals surface area contributed by atoms with Crippen LogP contribution in [0, 0.1) is 0 Å². The Labute approximate surface area is 184 Å². The number of ketones is 1. The molecule has 31 heavy (non-hydrogen) atoms. The molecule has 0 aliphatic carbocycles. The Kier molecular flexibility index (Phi) is 6.05. The molecule has 0 N–H and O–H groups in total. The van der Waals surface area contributed by atoms with Crippen molar-refractivity contribution in [2.75, 3.05) is 6.61 Å². The Balaban J connectivity index is 1.60. The summed E-state index contributed by atoms with van der Waals surface area (Å²) in [7, 11) is 0. The predicted octanol–water partition coefficient (Wildman–Crippen LogP) is 5.64. The summed E-state index contributed by atoms with van der Waals surface area (Å²) in [6, 6.07) is 21.1. The molecule has 156 valence electrons. The van der Waals surface area contributed by atoms with Crippen LogP contribution in [0.15, 0.2) is 78.6 Å². The lowest BCUT2D eigenvalue weighted by atomic mass is 10.1. The maximum absolute atomic E-state index is 12.7. The topological polar surface area (TPSA) is 61.8 Å². The van der Waals surface area contributed by atoms with Crippen molar-refractivity contribution in [3.63, 3.8) is 0 Å². The van der Waals surface area contributed by atoms with Gasteiger partial charge in [0.25, 0.3) is 0 Å². The van der Waals surface area contributed by atoms with Gasteiger partial charge in [-0.3, -0.25) is 4.79 Å². The number of hydrogen-bond donors (Lipinski definition) is 0. The van der Waals surface area contributed by atoms with Gasteiger partial charge >= 0.3 is 5.97 Å². The van der Waals surface area contributed by atoms with Crippen LogP contribution in [0.1, 0.15) is 34.5 Å². The van der Waals surface area contributed by atoms with E-state index in [1.54, 1.807) is 55.5 Å². The summed E-state index contributed by atoms with van der Waals surface area (Å²) in [6.45, 7) is 1.98. The molecule has 1 aliphatic rings. The van der Waals surface area contributed by atoms with Crippen LogP contribution in [0.4, 0.5) is 0 Å². The molecule has 0 radical (unpaired) electrons. The molecule has 0 saturated heterocycles. The minimum atomic E-state index is -0.936. The molecule has 3 aromatic rings. The summed E-state index contributed by atoms with van der Waals surface area (Å²) in [5, 5.41) is 0.520. The highest BCUT2D eigenvalue weighted by Crippen LogP contribution is 2.36. The Morgan fingerprint density at radius 1 is 1.06 bits per heavy atom. The number of fused-ring (bicyclic) bond motifs is 1. The van der Waals surface area contributed by atoms with Crippen LogP contribution in [-0.2, 0) is 9.53 Å². The number of ether oxygens (including phenoxy) is 3. The molecular weight excluding hydrogens is 416 g/mol. The normalized spacial score (nSPS) is 14.6. The lowest BCUT2D eigenvalue weighted by Crippen LogP contribution is -2.21. The summed E-state index contributed by atoms with van der Waals surface area (Å²) in [4.78, 5) is 25.2. The van der Waals surface area contributed by atoms with Gasteiger partial charge in [-0.1, -0.05) is 60.1 Å². The van der Waals surface area contributed by atoms with Crippen molar-refractivity contribution in [3.05, 3.63) is 100 Å². The van der Waals surface area contributed by atoms with Gasteiger partial charge in [-0.05, 0) is 36.8 Å². The van der Waals surface area contributed by atoms with Crippen LogP contribution in [0.5, 0.6) is 11.5 Å². The van der Waals surface area contributed by atoms with Crippen LogP contribution in [0.2, 0.25) is 5.02 Å². The van der Waals surface area contributed by atoms with E-state index in [9.17, 15) is 9.59 Å². The number of carbonyl (C=O) groups excluding carboxylic acids is 2. The second-order valence-electron chi connectivity index (χ2n) is 6.78. The number of Topliss-reactive ketones (excluding diaryl/α,β-unsaturated/α-hetero) is 1. The monoisotopic (exact) mass is 434 g/mol. The summed E-state index contributed by atoms with van der Waals surface area (Å²) >= 11 is 6.18. The number of allylic oxidation sites excluding steroid dienone is 1. The number of hydrogen-bond acceptors (Lipinski definition) is 5. The maximum atomic E-state index is 12.7. The van der Waals surface area contributed by atoms with Crippen LogP contribution < -0.4 is 9.47 Å². The van der Waals surface area contributed by atoms with Crippen LogP contribution >= 0.6 is 11.6 Å². The van der Waals surface area contributed by atoms with Gasteiger partial charge in [-0.2, -0.15) is 0 Å². The van der Waals surface area contributed by atoms with Gasteiger partial charge in [-0.15, -0.1) is 0 Å². The van der Waals surface area contributed by atoms with Crippen molar-refractivity contribution < 1.29 is 23.8 Å². The van der Waals surface area contributed by atoms with Crippen molar-refractivity contribution >= 4 is 29.4 Å². The van der Waals surface area contributed by atoms with E-state index < -0.39 is 12.1 Å². The molecule has 1 heterocycles. The Bertz CT molecular complexity index is 1150. The number of carbonyl (C=O) groups is 2. The van der Waals surface area contributed by atoms with Gasteiger partial charge in [0.1, 0.15) is 11.5 Å². The van der Waals surface area contributed by atoms with E-state index in [0.29, 0.717) is 33.2 Å². The molecule has 4 rings (SSSR count). The molecule has 3 aromatic carbocycles. The third-order valence-electron chi connectivity index (χ3n) is 4.69. The molecule has 1 unspecified atom stereocenters. The van der Waals surface area contributed by atoms with Gasteiger partial charge in [0, 0.05) is 16.7 Å². The fraction of sp³-hybridized carbons (Fsp3) is 0.120. The second-order valence-corrected chi connectivity index (χ2v) is 7.19. The largest absolute Gasteiger partial charge is 0.474 e. The zero-order valence-corrected chi connectivity index (χ0v) is 17.5. The summed E-state index contributed by atoms with van der Waals surface area (Å²) in [5.41, 5.74) is 1.76. The van der Waals surface area contributed by atoms with Gasteiger partial charge in [0.2, 0.25) is 11.9 Å². The van der Waals surface area contributed by atoms with E-state index in [4.69, 9.17) is 25.8 Å². The van der Waals surface area contributed by atoms with Gasteiger partial charge in [-0.25, -0.2) is 4.79 Å². The minimum Gasteiger partial charge on any atom is -0.474 e. The van der Waals surface area contributed by atoms with Crippen molar-refractivity contribution in [1.29, 1.82) is 0 Å². The molecular formula is C25H19ClO5. The summed E-state index contributed by atoms with van der Waals surface area (Å²) < 4.78 is 16.9. The van der Waals surface area contributed by atoms with E-state index in [2.05, 4.69) is 0 Å². The lowest BCUT2D eigenvalue weighted by molar-refractivity contribution is -0.151. The SMILES string of the molecule is CCOC(=O)C(Oc1ccc2c(c1)OC(=Cc1ccccc1Cl)C2=O)c1ccccc1. The quantitative estimate of drug-likeness (QED) is 0.371. The van der Waals surface area contributed by atoms with Gasteiger partial charge in [0.15, 0.2) is 5.76 Å². The first-order valence-electron chi connectivity index (χ1n) is 9.78. The Hall–Kier alpha value is -3.57. The summed E-state index contributed by atoms with van der Waals surface area (Å²) in [5.74, 6) is 0.172. The highest BCUT2D eigenvalue weighted by Gasteiger charge is 2.29. The van der Waals surface area contributed by atoms with E-state index in [1.807, 2.05) is 30.3 Å². The lowest BCUT2D eigenvalue weighted by Gasteiger charge is -2.18. The average molecular weight is 435 g/mol. The number of esters is 1. The first kappa shape index (κ1) is 20.7.